The average Bonchev–Trinajstić information content (AvgIpc) is 3.96. The number of carbonyl (C=O) groups is 1. The first-order valence-corrected chi connectivity index (χ1v) is 18.3. The minimum atomic E-state index is 0.125. The van der Waals surface area contributed by atoms with Gasteiger partial charge < -0.3 is 18.6 Å². The lowest BCUT2D eigenvalue weighted by molar-refractivity contribution is -0.133. The molecule has 3 fully saturated rings. The molecule has 3 aliphatic heterocycles. The number of rotatable bonds is 7. The second-order valence-corrected chi connectivity index (χ2v) is 15.1. The Morgan fingerprint density at radius 3 is 2.25 bits per heavy atom. The normalized spacial score (nSPS) is 20.8. The third kappa shape index (κ3) is 5.83. The number of likely N-dealkylation sites (N-methyl/N-ethyl adjacent to an activating group) is 1. The van der Waals surface area contributed by atoms with Crippen molar-refractivity contribution in [2.24, 2.45) is 5.92 Å². The van der Waals surface area contributed by atoms with Crippen LogP contribution in [0.25, 0.3) is 45.1 Å². The molecule has 1 amide bonds. The van der Waals surface area contributed by atoms with E-state index in [1.807, 2.05) is 35.2 Å². The molecule has 1 aliphatic carbocycles. The fourth-order valence-electron chi connectivity index (χ4n) is 8.78. The zero-order valence-corrected chi connectivity index (χ0v) is 29.6. The largest absolute Gasteiger partial charge is 0.439 e. The minimum absolute atomic E-state index is 0.125. The topological polar surface area (TPSA) is 106 Å². The number of hydrogen-bond acceptors (Lipinski definition) is 9. The summed E-state index contributed by atoms with van der Waals surface area (Å²) in [6.45, 7) is 11.4. The van der Waals surface area contributed by atoms with Crippen molar-refractivity contribution in [3.05, 3.63) is 82.2 Å². The number of piperazine rings is 1. The maximum Gasteiger partial charge on any atom is 0.237 e. The SMILES string of the molecule is Cc1c(-c2nc3c(o2)CN(C(=O)CN2CCN(C)CC2)C3)cccc1-c1cccc(-c2nc3cc(CN4CC5CCC4C5)cc(C#N)c3o2)c1C. The van der Waals surface area contributed by atoms with Gasteiger partial charge in [-0.1, -0.05) is 24.3 Å². The number of nitriles is 1. The van der Waals surface area contributed by atoms with Crippen LogP contribution in [0.3, 0.4) is 0 Å². The fraction of sp³-hybridized carbons (Fsp3) is 0.415. The number of nitrogens with zero attached hydrogens (tertiary/aromatic N) is 7. The first-order chi connectivity index (χ1) is 24.8. The Labute approximate surface area is 298 Å². The van der Waals surface area contributed by atoms with Crippen molar-refractivity contribution < 1.29 is 13.6 Å². The van der Waals surface area contributed by atoms with Gasteiger partial charge in [0, 0.05) is 56.4 Å². The molecule has 5 aromatic rings. The predicted molar refractivity (Wildman–Crippen MR) is 194 cm³/mol. The van der Waals surface area contributed by atoms with Crippen molar-refractivity contribution in [2.45, 2.75) is 58.8 Å². The van der Waals surface area contributed by atoms with E-state index in [1.165, 1.54) is 19.3 Å². The Hall–Kier alpha value is -4.82. The lowest BCUT2D eigenvalue weighted by atomic mass is 9.91. The molecule has 5 heterocycles. The van der Waals surface area contributed by atoms with Crippen LogP contribution in [0.1, 0.15) is 53.0 Å². The maximum atomic E-state index is 13.1. The second kappa shape index (κ2) is 12.7. The third-order valence-corrected chi connectivity index (χ3v) is 11.8. The Bertz CT molecular complexity index is 2180. The van der Waals surface area contributed by atoms with Gasteiger partial charge in [0.25, 0.3) is 0 Å². The molecule has 260 valence electrons. The molecular formula is C41H43N7O3. The van der Waals surface area contributed by atoms with Gasteiger partial charge >= 0.3 is 0 Å². The molecule has 2 saturated heterocycles. The van der Waals surface area contributed by atoms with Crippen LogP contribution in [0.15, 0.2) is 57.4 Å². The number of hydrogen-bond donors (Lipinski definition) is 0. The lowest BCUT2D eigenvalue weighted by Gasteiger charge is -2.32. The standard InChI is InChI=1S/C41H43N7O3/c1-25-31(6-4-8-33(25)40-44-36-22-48(23-37(36)50-40)38(49)24-46-14-12-45(3)13-15-46)32-7-5-9-34(26(32)2)41-43-35-18-28(16-29(19-42)39(35)51-41)21-47-20-27-10-11-30(47)17-27/h4-9,16,18,27,30H,10-15,17,20-24H2,1-3H3. The third-order valence-electron chi connectivity index (χ3n) is 11.8. The molecule has 3 aromatic carbocycles. The van der Waals surface area contributed by atoms with Crippen molar-refractivity contribution in [2.75, 3.05) is 46.3 Å². The first-order valence-electron chi connectivity index (χ1n) is 18.3. The Morgan fingerprint density at radius 1 is 0.902 bits per heavy atom. The monoisotopic (exact) mass is 681 g/mol. The summed E-state index contributed by atoms with van der Waals surface area (Å²) in [7, 11) is 2.12. The minimum Gasteiger partial charge on any atom is -0.439 e. The van der Waals surface area contributed by atoms with Crippen LogP contribution in [0.4, 0.5) is 0 Å². The summed E-state index contributed by atoms with van der Waals surface area (Å²) >= 11 is 0. The van der Waals surface area contributed by atoms with Crippen LogP contribution in [0, 0.1) is 31.1 Å². The molecule has 0 spiro atoms. The van der Waals surface area contributed by atoms with E-state index in [-0.39, 0.29) is 5.91 Å². The summed E-state index contributed by atoms with van der Waals surface area (Å²) in [5.74, 6) is 2.81. The summed E-state index contributed by atoms with van der Waals surface area (Å²) < 4.78 is 12.7. The molecule has 9 rings (SSSR count). The van der Waals surface area contributed by atoms with Gasteiger partial charge in [0.2, 0.25) is 17.7 Å². The molecular weight excluding hydrogens is 638 g/mol. The van der Waals surface area contributed by atoms with Crippen molar-refractivity contribution >= 4 is 17.0 Å². The number of amides is 1. The highest BCUT2D eigenvalue weighted by Crippen LogP contribution is 2.40. The Balaban J connectivity index is 0.958. The van der Waals surface area contributed by atoms with Gasteiger partial charge in [0.15, 0.2) is 5.58 Å². The van der Waals surface area contributed by atoms with E-state index in [2.05, 4.69) is 59.9 Å². The first kappa shape index (κ1) is 32.1. The van der Waals surface area contributed by atoms with Crippen LogP contribution in [-0.2, 0) is 24.4 Å². The summed E-state index contributed by atoms with van der Waals surface area (Å²) in [5.41, 5.74) is 9.82. The summed E-state index contributed by atoms with van der Waals surface area (Å²) in [6.07, 6.45) is 3.93. The molecule has 2 aromatic heterocycles. The number of oxazole rings is 2. The van der Waals surface area contributed by atoms with Crippen molar-refractivity contribution in [1.82, 2.24) is 29.6 Å². The maximum absolute atomic E-state index is 13.1. The van der Waals surface area contributed by atoms with Crippen LogP contribution in [0.2, 0.25) is 0 Å². The molecule has 2 bridgehead atoms. The highest BCUT2D eigenvalue weighted by atomic mass is 16.4. The van der Waals surface area contributed by atoms with E-state index < -0.39 is 0 Å². The van der Waals surface area contributed by atoms with E-state index in [0.717, 1.165) is 101 Å². The van der Waals surface area contributed by atoms with Crippen LogP contribution < -0.4 is 0 Å². The lowest BCUT2D eigenvalue weighted by Crippen LogP contribution is -2.48. The van der Waals surface area contributed by atoms with Gasteiger partial charge in [0.05, 0.1) is 25.2 Å². The molecule has 2 unspecified atom stereocenters. The van der Waals surface area contributed by atoms with Gasteiger partial charge in [-0.3, -0.25) is 14.6 Å². The van der Waals surface area contributed by atoms with E-state index >= 15 is 0 Å². The smallest absolute Gasteiger partial charge is 0.237 e. The number of aromatic nitrogens is 2. The summed E-state index contributed by atoms with van der Waals surface area (Å²) in [4.78, 5) is 31.9. The van der Waals surface area contributed by atoms with Gasteiger partial charge in [-0.15, -0.1) is 0 Å². The van der Waals surface area contributed by atoms with Crippen LogP contribution in [0.5, 0.6) is 0 Å². The van der Waals surface area contributed by atoms with E-state index in [1.54, 1.807) is 0 Å². The molecule has 0 N–H and O–H groups in total. The number of fused-ring (bicyclic) bond motifs is 4. The van der Waals surface area contributed by atoms with Gasteiger partial charge in [-0.2, -0.15) is 5.26 Å². The zero-order valence-electron chi connectivity index (χ0n) is 29.6. The quantitative estimate of drug-likeness (QED) is 0.194. The summed E-state index contributed by atoms with van der Waals surface area (Å²) in [6, 6.07) is 19.5. The number of carbonyl (C=O) groups excluding carboxylic acids is 1. The molecule has 2 atom stereocenters. The van der Waals surface area contributed by atoms with Gasteiger partial charge in [-0.05, 0) is 98.2 Å². The predicted octanol–water partition coefficient (Wildman–Crippen LogP) is 6.38. The Kier molecular flexibility index (Phi) is 8.03. The molecule has 0 radical (unpaired) electrons. The summed E-state index contributed by atoms with van der Waals surface area (Å²) in [5, 5.41) is 10.1. The highest BCUT2D eigenvalue weighted by Gasteiger charge is 2.37. The Morgan fingerprint density at radius 2 is 1.61 bits per heavy atom. The van der Waals surface area contributed by atoms with Gasteiger partial charge in [-0.25, -0.2) is 9.97 Å². The highest BCUT2D eigenvalue weighted by molar-refractivity contribution is 5.85. The van der Waals surface area contributed by atoms with Crippen LogP contribution >= 0.6 is 0 Å². The molecule has 1 saturated carbocycles. The fourth-order valence-corrected chi connectivity index (χ4v) is 8.78. The van der Waals surface area contributed by atoms with Gasteiger partial charge in [0.1, 0.15) is 23.0 Å². The number of likely N-dealkylation sites (tertiary alicyclic amines) is 1. The van der Waals surface area contributed by atoms with E-state index in [0.29, 0.717) is 48.6 Å². The van der Waals surface area contributed by atoms with Crippen molar-refractivity contribution in [3.63, 3.8) is 0 Å². The molecule has 4 aliphatic rings. The van der Waals surface area contributed by atoms with Crippen molar-refractivity contribution in [3.8, 4) is 40.1 Å². The number of piperidine rings is 1. The second-order valence-electron chi connectivity index (χ2n) is 15.1. The van der Waals surface area contributed by atoms with Crippen LogP contribution in [-0.4, -0.2) is 87.8 Å². The molecule has 51 heavy (non-hydrogen) atoms. The van der Waals surface area contributed by atoms with E-state index in [9.17, 15) is 10.1 Å². The molecule has 10 nitrogen and oxygen atoms in total. The van der Waals surface area contributed by atoms with Crippen molar-refractivity contribution in [1.29, 1.82) is 5.26 Å². The van der Waals surface area contributed by atoms with E-state index in [4.69, 9.17) is 18.8 Å². The number of benzene rings is 3. The average molecular weight is 682 g/mol. The zero-order chi connectivity index (χ0) is 34.8. The molecule has 10 heteroatoms.